The number of hydrogen-bond acceptors (Lipinski definition) is 5. The second-order valence-electron chi connectivity index (χ2n) is 5.03. The van der Waals surface area contributed by atoms with Gasteiger partial charge in [-0.3, -0.25) is 4.79 Å². The predicted octanol–water partition coefficient (Wildman–Crippen LogP) is 2.71. The summed E-state index contributed by atoms with van der Waals surface area (Å²) in [4.78, 5) is 18.3. The summed E-state index contributed by atoms with van der Waals surface area (Å²) in [5, 5.41) is 2.75. The number of hydrogen-bond donors (Lipinski definition) is 0. The fourth-order valence-electron chi connectivity index (χ4n) is 2.93. The lowest BCUT2D eigenvalue weighted by Gasteiger charge is -2.43. The third-order valence-corrected chi connectivity index (χ3v) is 5.00. The fraction of sp³-hybridized carbons (Fsp3) is 0.692. The van der Waals surface area contributed by atoms with Crippen LogP contribution in [0.1, 0.15) is 36.2 Å². The van der Waals surface area contributed by atoms with Gasteiger partial charge in [0.25, 0.3) is 0 Å². The van der Waals surface area contributed by atoms with Gasteiger partial charge < -0.3 is 9.64 Å². The van der Waals surface area contributed by atoms with Crippen LogP contribution >= 0.6 is 22.9 Å². The van der Waals surface area contributed by atoms with E-state index in [-0.39, 0.29) is 11.7 Å². The Morgan fingerprint density at radius 3 is 3.21 bits per heavy atom. The van der Waals surface area contributed by atoms with Gasteiger partial charge in [-0.05, 0) is 12.8 Å². The third-order valence-electron chi connectivity index (χ3n) is 3.88. The molecule has 0 amide bonds. The lowest BCUT2D eigenvalue weighted by atomic mass is 9.90. The van der Waals surface area contributed by atoms with Crippen molar-refractivity contribution in [1.29, 1.82) is 0 Å². The Kier molecular flexibility index (Phi) is 4.05. The summed E-state index contributed by atoms with van der Waals surface area (Å²) in [6.07, 6.45) is 5.13. The quantitative estimate of drug-likeness (QED) is 0.636. The monoisotopic (exact) mass is 300 g/mol. The molecule has 0 N–H and O–H groups in total. The highest BCUT2D eigenvalue weighted by molar-refractivity contribution is 7.14. The highest BCUT2D eigenvalue weighted by Gasteiger charge is 2.35. The van der Waals surface area contributed by atoms with Crippen molar-refractivity contribution in [2.24, 2.45) is 0 Å². The van der Waals surface area contributed by atoms with Crippen LogP contribution < -0.4 is 4.90 Å². The van der Waals surface area contributed by atoms with Crippen molar-refractivity contribution in [2.75, 3.05) is 23.9 Å². The number of halogens is 1. The molecule has 1 aliphatic heterocycles. The van der Waals surface area contributed by atoms with Crippen LogP contribution in [-0.4, -0.2) is 41.9 Å². The van der Waals surface area contributed by atoms with Crippen LogP contribution in [-0.2, 0) is 4.74 Å². The average Bonchev–Trinajstić information content (AvgIpc) is 2.95. The molecule has 3 rings (SSSR count). The summed E-state index contributed by atoms with van der Waals surface area (Å²) in [6.45, 7) is 1.61. The molecule has 19 heavy (non-hydrogen) atoms. The molecule has 1 aromatic rings. The van der Waals surface area contributed by atoms with E-state index < -0.39 is 0 Å². The van der Waals surface area contributed by atoms with E-state index >= 15 is 0 Å². The average molecular weight is 301 g/mol. The number of aromatic nitrogens is 1. The molecule has 6 heteroatoms. The minimum atomic E-state index is -0.0994. The maximum Gasteiger partial charge on any atom is 0.196 e. The van der Waals surface area contributed by atoms with Gasteiger partial charge >= 0.3 is 0 Å². The second kappa shape index (κ2) is 5.77. The van der Waals surface area contributed by atoms with Crippen molar-refractivity contribution in [1.82, 2.24) is 4.98 Å². The Morgan fingerprint density at radius 2 is 2.37 bits per heavy atom. The van der Waals surface area contributed by atoms with Crippen molar-refractivity contribution < 1.29 is 9.53 Å². The first-order chi connectivity index (χ1) is 9.29. The minimum Gasteiger partial charge on any atom is -0.374 e. The van der Waals surface area contributed by atoms with Crippen molar-refractivity contribution in [3.05, 3.63) is 11.1 Å². The molecule has 2 unspecified atom stereocenters. The smallest absolute Gasteiger partial charge is 0.196 e. The molecule has 4 nitrogen and oxygen atoms in total. The van der Waals surface area contributed by atoms with E-state index in [1.54, 1.807) is 0 Å². The molecule has 2 fully saturated rings. The van der Waals surface area contributed by atoms with E-state index in [0.29, 0.717) is 17.8 Å². The number of ketones is 1. The van der Waals surface area contributed by atoms with E-state index in [2.05, 4.69) is 9.88 Å². The third kappa shape index (κ3) is 2.64. The van der Waals surface area contributed by atoms with Gasteiger partial charge in [0.15, 0.2) is 10.9 Å². The molecular formula is C13H17ClN2O2S. The molecule has 0 radical (unpaired) electrons. The predicted molar refractivity (Wildman–Crippen MR) is 76.5 cm³/mol. The molecule has 2 atom stereocenters. The summed E-state index contributed by atoms with van der Waals surface area (Å²) in [6, 6.07) is 0.424. The molecule has 0 bridgehead atoms. The molecule has 0 aromatic carbocycles. The molecule has 2 aliphatic rings. The number of morpholine rings is 1. The fourth-order valence-corrected chi connectivity index (χ4v) is 3.98. The molecular weight excluding hydrogens is 284 g/mol. The normalized spacial score (nSPS) is 27.1. The second-order valence-corrected chi connectivity index (χ2v) is 6.13. The van der Waals surface area contributed by atoms with Gasteiger partial charge in [0.05, 0.1) is 24.6 Å². The SMILES string of the molecule is O=C(CCl)c1csc(N2CCOC3CCCCC32)n1. The van der Waals surface area contributed by atoms with Gasteiger partial charge in [-0.2, -0.15) is 0 Å². The lowest BCUT2D eigenvalue weighted by Crippen LogP contribution is -2.52. The first-order valence-corrected chi connectivity index (χ1v) is 8.14. The van der Waals surface area contributed by atoms with Crippen LogP contribution in [0.2, 0.25) is 0 Å². The first-order valence-electron chi connectivity index (χ1n) is 6.72. The van der Waals surface area contributed by atoms with Gasteiger partial charge in [0.2, 0.25) is 0 Å². The molecule has 1 saturated heterocycles. The summed E-state index contributed by atoms with van der Waals surface area (Å²) >= 11 is 7.11. The van der Waals surface area contributed by atoms with Crippen LogP contribution in [0.25, 0.3) is 0 Å². The molecule has 1 aliphatic carbocycles. The molecule has 1 aromatic heterocycles. The van der Waals surface area contributed by atoms with E-state index in [9.17, 15) is 4.79 Å². The number of thiazole rings is 1. The van der Waals surface area contributed by atoms with Crippen molar-refractivity contribution >= 4 is 33.9 Å². The Bertz CT molecular complexity index is 463. The summed E-state index contributed by atoms with van der Waals surface area (Å²) in [5.74, 6) is -0.101. The number of carbonyl (C=O) groups is 1. The summed E-state index contributed by atoms with van der Waals surface area (Å²) in [5.41, 5.74) is 0.494. The lowest BCUT2D eigenvalue weighted by molar-refractivity contribution is -0.00869. The zero-order valence-corrected chi connectivity index (χ0v) is 12.3. The topological polar surface area (TPSA) is 42.4 Å². The largest absolute Gasteiger partial charge is 0.374 e. The highest BCUT2D eigenvalue weighted by atomic mass is 35.5. The number of ether oxygens (including phenoxy) is 1. The minimum absolute atomic E-state index is 0.00165. The van der Waals surface area contributed by atoms with E-state index in [0.717, 1.165) is 31.1 Å². The number of carbonyl (C=O) groups excluding carboxylic acids is 1. The maximum absolute atomic E-state index is 11.6. The van der Waals surface area contributed by atoms with Gasteiger partial charge in [0.1, 0.15) is 5.69 Å². The highest BCUT2D eigenvalue weighted by Crippen LogP contribution is 2.33. The van der Waals surface area contributed by atoms with Crippen LogP contribution in [0.3, 0.4) is 0 Å². The summed E-state index contributed by atoms with van der Waals surface area (Å²) in [7, 11) is 0. The van der Waals surface area contributed by atoms with Crippen LogP contribution in [0.4, 0.5) is 5.13 Å². The Hall–Kier alpha value is -0.650. The first kappa shape index (κ1) is 13.3. The van der Waals surface area contributed by atoms with E-state index in [4.69, 9.17) is 16.3 Å². The van der Waals surface area contributed by atoms with Crippen molar-refractivity contribution in [2.45, 2.75) is 37.8 Å². The number of nitrogens with zero attached hydrogens (tertiary/aromatic N) is 2. The van der Waals surface area contributed by atoms with Gasteiger partial charge in [-0.1, -0.05) is 12.8 Å². The van der Waals surface area contributed by atoms with Gasteiger partial charge in [-0.15, -0.1) is 22.9 Å². The number of anilines is 1. The Labute approximate surface area is 121 Å². The maximum atomic E-state index is 11.6. The number of alkyl halides is 1. The van der Waals surface area contributed by atoms with Gasteiger partial charge in [0, 0.05) is 11.9 Å². The van der Waals surface area contributed by atoms with E-state index in [1.807, 2.05) is 5.38 Å². The molecule has 104 valence electrons. The zero-order chi connectivity index (χ0) is 13.2. The van der Waals surface area contributed by atoms with Crippen LogP contribution in [0, 0.1) is 0 Å². The molecule has 2 heterocycles. The van der Waals surface area contributed by atoms with Crippen molar-refractivity contribution in [3.63, 3.8) is 0 Å². The molecule has 1 saturated carbocycles. The van der Waals surface area contributed by atoms with E-state index in [1.165, 1.54) is 24.2 Å². The van der Waals surface area contributed by atoms with Crippen LogP contribution in [0.5, 0.6) is 0 Å². The summed E-state index contributed by atoms with van der Waals surface area (Å²) < 4.78 is 5.86. The Balaban J connectivity index is 1.80. The molecule has 0 spiro atoms. The number of Topliss-reactive ketones (excluding diaryl/α,β-unsaturated/α-hetero) is 1. The number of rotatable bonds is 3. The van der Waals surface area contributed by atoms with Gasteiger partial charge in [-0.25, -0.2) is 4.98 Å². The van der Waals surface area contributed by atoms with Crippen LogP contribution in [0.15, 0.2) is 5.38 Å². The Morgan fingerprint density at radius 1 is 1.53 bits per heavy atom. The number of fused-ring (bicyclic) bond motifs is 1. The zero-order valence-electron chi connectivity index (χ0n) is 10.7. The van der Waals surface area contributed by atoms with Crippen molar-refractivity contribution in [3.8, 4) is 0 Å². The standard InChI is InChI=1S/C13H17ClN2O2S/c14-7-11(17)9-8-19-13(15-9)16-5-6-18-12-4-2-1-3-10(12)16/h8,10,12H,1-7H2.